The van der Waals surface area contributed by atoms with E-state index in [0.29, 0.717) is 23.9 Å². The summed E-state index contributed by atoms with van der Waals surface area (Å²) in [6, 6.07) is 9.63. The third kappa shape index (κ3) is 2.70. The Morgan fingerprint density at radius 1 is 1.30 bits per heavy atom. The first kappa shape index (κ1) is 15.2. The summed E-state index contributed by atoms with van der Waals surface area (Å²) in [5.74, 6) is 1.64. The van der Waals surface area contributed by atoms with Gasteiger partial charge in [-0.05, 0) is 68.1 Å². The van der Waals surface area contributed by atoms with Gasteiger partial charge >= 0.3 is 0 Å². The molecular formula is C19H21BrN2O. The van der Waals surface area contributed by atoms with Crippen molar-refractivity contribution in [3.8, 4) is 6.07 Å². The van der Waals surface area contributed by atoms with Gasteiger partial charge < -0.3 is 5.32 Å². The molecule has 0 aliphatic heterocycles. The molecule has 2 unspecified atom stereocenters. The van der Waals surface area contributed by atoms with E-state index in [4.69, 9.17) is 5.26 Å². The Morgan fingerprint density at radius 2 is 2.04 bits per heavy atom. The first-order chi connectivity index (χ1) is 11.0. The van der Waals surface area contributed by atoms with Crippen molar-refractivity contribution in [1.29, 1.82) is 5.26 Å². The van der Waals surface area contributed by atoms with Crippen LogP contribution in [0.1, 0.15) is 49.7 Å². The van der Waals surface area contributed by atoms with Gasteiger partial charge in [-0.3, -0.25) is 4.79 Å². The Labute approximate surface area is 145 Å². The van der Waals surface area contributed by atoms with Gasteiger partial charge in [-0.25, -0.2) is 0 Å². The lowest BCUT2D eigenvalue weighted by molar-refractivity contribution is -0.144. The summed E-state index contributed by atoms with van der Waals surface area (Å²) < 4.78 is 0.204. The summed E-state index contributed by atoms with van der Waals surface area (Å²) in [6.07, 6.45) is 6.89. The molecule has 4 bridgehead atoms. The highest BCUT2D eigenvalue weighted by molar-refractivity contribution is 9.10. The van der Waals surface area contributed by atoms with Gasteiger partial charge in [0, 0.05) is 10.9 Å². The molecule has 2 atom stereocenters. The number of nitrogens with one attached hydrogen (secondary N) is 1. The molecule has 4 saturated carbocycles. The molecule has 0 heterocycles. The van der Waals surface area contributed by atoms with Crippen molar-refractivity contribution < 1.29 is 4.79 Å². The first-order valence-corrected chi connectivity index (χ1v) is 9.26. The van der Waals surface area contributed by atoms with E-state index in [9.17, 15) is 4.79 Å². The molecule has 1 amide bonds. The van der Waals surface area contributed by atoms with Crippen molar-refractivity contribution in [2.45, 2.75) is 49.4 Å². The number of carbonyl (C=O) groups is 1. The average molecular weight is 373 g/mol. The minimum Gasteiger partial charge on any atom is -0.352 e. The van der Waals surface area contributed by atoms with Crippen LogP contribution < -0.4 is 5.32 Å². The van der Waals surface area contributed by atoms with Crippen molar-refractivity contribution in [1.82, 2.24) is 5.32 Å². The average Bonchev–Trinajstić information content (AvgIpc) is 2.50. The zero-order chi connectivity index (χ0) is 16.1. The lowest BCUT2D eigenvalue weighted by Gasteiger charge is -2.59. The van der Waals surface area contributed by atoms with E-state index in [1.54, 1.807) is 6.07 Å². The van der Waals surface area contributed by atoms with E-state index in [-0.39, 0.29) is 15.6 Å². The number of amides is 1. The number of hydrogen-bond donors (Lipinski definition) is 1. The normalized spacial score (nSPS) is 37.4. The quantitative estimate of drug-likeness (QED) is 0.817. The lowest BCUT2D eigenvalue weighted by atomic mass is 9.49. The third-order valence-corrected chi connectivity index (χ3v) is 6.91. The second-order valence-corrected chi connectivity index (χ2v) is 9.57. The zero-order valence-corrected chi connectivity index (χ0v) is 14.7. The summed E-state index contributed by atoms with van der Waals surface area (Å²) in [5.41, 5.74) is 1.47. The van der Waals surface area contributed by atoms with Gasteiger partial charge in [0.25, 0.3) is 0 Å². The van der Waals surface area contributed by atoms with Crippen LogP contribution in [-0.2, 0) is 11.3 Å². The number of rotatable bonds is 3. The SMILES string of the molecule is N#Cc1cccc(CNC(=O)C23CC4CC(CC(Br)(C4)C2)C3)c1. The number of hydrogen-bond acceptors (Lipinski definition) is 2. The molecule has 1 N–H and O–H groups in total. The van der Waals surface area contributed by atoms with Crippen molar-refractivity contribution in [2.75, 3.05) is 0 Å². The Hall–Kier alpha value is -1.34. The van der Waals surface area contributed by atoms with Gasteiger partial charge in [-0.2, -0.15) is 5.26 Å². The number of halogens is 1. The van der Waals surface area contributed by atoms with Crippen molar-refractivity contribution in [3.63, 3.8) is 0 Å². The maximum absolute atomic E-state index is 13.0. The van der Waals surface area contributed by atoms with E-state index < -0.39 is 0 Å². The molecule has 0 saturated heterocycles. The molecule has 0 spiro atoms. The van der Waals surface area contributed by atoms with E-state index in [0.717, 1.165) is 24.8 Å². The van der Waals surface area contributed by atoms with Crippen LogP contribution in [-0.4, -0.2) is 10.2 Å². The van der Waals surface area contributed by atoms with Gasteiger partial charge in [0.1, 0.15) is 0 Å². The monoisotopic (exact) mass is 372 g/mol. The Kier molecular flexibility index (Phi) is 3.53. The molecule has 4 aliphatic carbocycles. The summed E-state index contributed by atoms with van der Waals surface area (Å²) in [4.78, 5) is 13.0. The van der Waals surface area contributed by atoms with Gasteiger partial charge in [0.15, 0.2) is 0 Å². The standard InChI is InChI=1S/C19H21BrN2O/c20-19-8-15-5-16(9-19)7-18(6-15,12-19)17(23)22-11-14-3-1-2-13(4-14)10-21/h1-4,15-16H,5-9,11-12H2,(H,22,23). The van der Waals surface area contributed by atoms with E-state index >= 15 is 0 Å². The molecular weight excluding hydrogens is 352 g/mol. The largest absolute Gasteiger partial charge is 0.352 e. The van der Waals surface area contributed by atoms with Gasteiger partial charge in [0.2, 0.25) is 5.91 Å². The first-order valence-electron chi connectivity index (χ1n) is 8.47. The predicted molar refractivity (Wildman–Crippen MR) is 91.8 cm³/mol. The molecule has 4 fully saturated rings. The van der Waals surface area contributed by atoms with Crippen LogP contribution >= 0.6 is 15.9 Å². The van der Waals surface area contributed by atoms with E-state index in [2.05, 4.69) is 27.3 Å². The lowest BCUT2D eigenvalue weighted by Crippen LogP contribution is -2.58. The van der Waals surface area contributed by atoms with Gasteiger partial charge in [-0.1, -0.05) is 28.1 Å². The van der Waals surface area contributed by atoms with Crippen LogP contribution in [0.4, 0.5) is 0 Å². The minimum absolute atomic E-state index is 0.166. The van der Waals surface area contributed by atoms with Crippen LogP contribution in [0.2, 0.25) is 0 Å². The van der Waals surface area contributed by atoms with Gasteiger partial charge in [-0.15, -0.1) is 0 Å². The number of nitrogens with zero attached hydrogens (tertiary/aromatic N) is 1. The third-order valence-electron chi connectivity index (χ3n) is 5.98. The predicted octanol–water partition coefficient (Wildman–Crippen LogP) is 3.91. The molecule has 3 nitrogen and oxygen atoms in total. The van der Waals surface area contributed by atoms with Crippen LogP contribution in [0, 0.1) is 28.6 Å². The van der Waals surface area contributed by atoms with Crippen molar-refractivity contribution in [3.05, 3.63) is 35.4 Å². The maximum atomic E-state index is 13.0. The summed E-state index contributed by atoms with van der Waals surface area (Å²) in [6.45, 7) is 0.515. The van der Waals surface area contributed by atoms with Crippen LogP contribution in [0.3, 0.4) is 0 Å². The molecule has 0 radical (unpaired) electrons. The molecule has 120 valence electrons. The molecule has 4 heteroatoms. The van der Waals surface area contributed by atoms with Crippen LogP contribution in [0.15, 0.2) is 24.3 Å². The maximum Gasteiger partial charge on any atom is 0.226 e. The minimum atomic E-state index is -0.166. The molecule has 23 heavy (non-hydrogen) atoms. The number of alkyl halides is 1. The fraction of sp³-hybridized carbons (Fsp3) is 0.579. The smallest absolute Gasteiger partial charge is 0.226 e. The zero-order valence-electron chi connectivity index (χ0n) is 13.1. The summed E-state index contributed by atoms with van der Waals surface area (Å²) >= 11 is 3.96. The molecule has 4 aliphatic rings. The highest BCUT2D eigenvalue weighted by Gasteiger charge is 2.59. The topological polar surface area (TPSA) is 52.9 Å². The van der Waals surface area contributed by atoms with Crippen molar-refractivity contribution in [2.24, 2.45) is 17.3 Å². The second-order valence-electron chi connectivity index (χ2n) is 7.89. The Balaban J connectivity index is 1.48. The van der Waals surface area contributed by atoms with Gasteiger partial charge in [0.05, 0.1) is 17.0 Å². The second kappa shape index (κ2) is 5.34. The highest BCUT2D eigenvalue weighted by atomic mass is 79.9. The van der Waals surface area contributed by atoms with E-state index in [1.165, 1.54) is 19.3 Å². The Bertz CT molecular complexity index is 679. The number of carbonyl (C=O) groups excluding carboxylic acids is 1. The summed E-state index contributed by atoms with van der Waals surface area (Å²) in [7, 11) is 0. The number of nitriles is 1. The highest BCUT2D eigenvalue weighted by Crippen LogP contribution is 2.64. The molecule has 5 rings (SSSR count). The molecule has 0 aromatic heterocycles. The fourth-order valence-corrected chi connectivity index (χ4v) is 6.99. The van der Waals surface area contributed by atoms with E-state index in [1.807, 2.05) is 18.2 Å². The van der Waals surface area contributed by atoms with Crippen molar-refractivity contribution >= 4 is 21.8 Å². The molecule has 1 aromatic carbocycles. The number of benzene rings is 1. The summed E-state index contributed by atoms with van der Waals surface area (Å²) in [5, 5.41) is 12.1. The molecule has 1 aromatic rings. The fourth-order valence-electron chi connectivity index (χ4n) is 5.54. The Morgan fingerprint density at radius 3 is 2.70 bits per heavy atom. The van der Waals surface area contributed by atoms with Crippen LogP contribution in [0.5, 0.6) is 0 Å². The van der Waals surface area contributed by atoms with Crippen LogP contribution in [0.25, 0.3) is 0 Å².